The predicted octanol–water partition coefficient (Wildman–Crippen LogP) is 2.18. The summed E-state index contributed by atoms with van der Waals surface area (Å²) in [5, 5.41) is 23.8. The fraction of sp³-hybridized carbons (Fsp3) is 0.647. The summed E-state index contributed by atoms with van der Waals surface area (Å²) in [6.45, 7) is 10.2. The van der Waals surface area contributed by atoms with E-state index in [2.05, 4.69) is 10.2 Å². The highest BCUT2D eigenvalue weighted by molar-refractivity contribution is 5.85. The van der Waals surface area contributed by atoms with Crippen LogP contribution in [-0.2, 0) is 0 Å². The second-order valence-electron chi connectivity index (χ2n) is 6.46. The number of rotatable bonds is 6. The molecule has 0 aromatic heterocycles. The molecule has 0 spiro atoms. The van der Waals surface area contributed by atoms with E-state index in [1.54, 1.807) is 6.07 Å². The number of phenols is 1. The first-order valence-corrected chi connectivity index (χ1v) is 8.01. The van der Waals surface area contributed by atoms with Crippen LogP contribution in [0.25, 0.3) is 0 Å². The quantitative estimate of drug-likeness (QED) is 0.738. The van der Waals surface area contributed by atoms with Crippen molar-refractivity contribution in [2.75, 3.05) is 39.4 Å². The number of halogens is 1. The minimum Gasteiger partial charge on any atom is -0.504 e. The first-order valence-electron chi connectivity index (χ1n) is 8.01. The first-order chi connectivity index (χ1) is 10.5. The number of ether oxygens (including phenoxy) is 1. The summed E-state index contributed by atoms with van der Waals surface area (Å²) in [6.07, 6.45) is 0. The summed E-state index contributed by atoms with van der Waals surface area (Å²) in [5.74, 6) is 0.697. The lowest BCUT2D eigenvalue weighted by molar-refractivity contribution is 0.0291. The van der Waals surface area contributed by atoms with Gasteiger partial charge in [0, 0.05) is 49.8 Å². The maximum absolute atomic E-state index is 10.6. The molecule has 1 fully saturated rings. The summed E-state index contributed by atoms with van der Waals surface area (Å²) in [4.78, 5) is 2.33. The number of hydrogen-bond acceptors (Lipinski definition) is 5. The Hall–Kier alpha value is -1.01. The van der Waals surface area contributed by atoms with Crippen molar-refractivity contribution >= 4 is 12.4 Å². The van der Waals surface area contributed by atoms with Gasteiger partial charge in [0.25, 0.3) is 0 Å². The normalized spacial score (nSPS) is 17.4. The van der Waals surface area contributed by atoms with Crippen LogP contribution in [0.2, 0.25) is 0 Å². The van der Waals surface area contributed by atoms with Crippen molar-refractivity contribution in [2.24, 2.45) is 5.41 Å². The highest BCUT2D eigenvalue weighted by atomic mass is 35.5. The average molecular weight is 345 g/mol. The van der Waals surface area contributed by atoms with E-state index in [-0.39, 0.29) is 36.2 Å². The minimum absolute atomic E-state index is 0. The van der Waals surface area contributed by atoms with Crippen molar-refractivity contribution in [3.05, 3.63) is 23.8 Å². The molecule has 132 valence electrons. The lowest BCUT2D eigenvalue weighted by Gasteiger charge is -2.43. The number of piperazine rings is 1. The molecule has 0 unspecified atom stereocenters. The molecule has 0 radical (unpaired) electrons. The minimum atomic E-state index is -0.361. The van der Waals surface area contributed by atoms with E-state index in [0.717, 1.165) is 31.7 Å². The molecule has 1 aliphatic rings. The van der Waals surface area contributed by atoms with Crippen molar-refractivity contribution in [1.82, 2.24) is 10.2 Å². The van der Waals surface area contributed by atoms with Crippen LogP contribution >= 0.6 is 12.4 Å². The molecule has 1 saturated heterocycles. The van der Waals surface area contributed by atoms with Gasteiger partial charge in [0.2, 0.25) is 0 Å². The van der Waals surface area contributed by atoms with E-state index in [1.807, 2.05) is 32.9 Å². The maximum atomic E-state index is 10.6. The maximum Gasteiger partial charge on any atom is 0.162 e. The zero-order valence-corrected chi connectivity index (χ0v) is 15.0. The van der Waals surface area contributed by atoms with Crippen LogP contribution in [0.3, 0.4) is 0 Å². The number of nitrogens with zero attached hydrogens (tertiary/aromatic N) is 1. The molecular weight excluding hydrogens is 316 g/mol. The number of aliphatic hydroxyl groups is 1. The Labute approximate surface area is 145 Å². The lowest BCUT2D eigenvalue weighted by Crippen LogP contribution is -2.49. The van der Waals surface area contributed by atoms with Gasteiger partial charge in [0.15, 0.2) is 11.5 Å². The van der Waals surface area contributed by atoms with Gasteiger partial charge < -0.3 is 20.3 Å². The van der Waals surface area contributed by atoms with E-state index < -0.39 is 0 Å². The number of benzene rings is 1. The van der Waals surface area contributed by atoms with E-state index in [9.17, 15) is 10.2 Å². The number of aliphatic hydroxyl groups excluding tert-OH is 1. The summed E-state index contributed by atoms with van der Waals surface area (Å²) < 4.78 is 5.52. The molecule has 2 rings (SSSR count). The van der Waals surface area contributed by atoms with Gasteiger partial charge in [-0.2, -0.15) is 0 Å². The number of aromatic hydroxyl groups is 1. The number of para-hydroxylation sites is 1. The van der Waals surface area contributed by atoms with E-state index in [4.69, 9.17) is 4.74 Å². The zero-order chi connectivity index (χ0) is 16.2. The number of hydrogen-bond donors (Lipinski definition) is 3. The lowest BCUT2D eigenvalue weighted by atomic mass is 9.79. The average Bonchev–Trinajstić information content (AvgIpc) is 2.52. The first kappa shape index (κ1) is 20.0. The third-order valence-corrected chi connectivity index (χ3v) is 4.29. The highest BCUT2D eigenvalue weighted by Gasteiger charge is 2.37. The zero-order valence-electron chi connectivity index (χ0n) is 14.2. The topological polar surface area (TPSA) is 65.0 Å². The van der Waals surface area contributed by atoms with Crippen LogP contribution in [0.1, 0.15) is 32.4 Å². The van der Waals surface area contributed by atoms with Crippen LogP contribution < -0.4 is 10.1 Å². The highest BCUT2D eigenvalue weighted by Crippen LogP contribution is 2.44. The summed E-state index contributed by atoms with van der Waals surface area (Å²) >= 11 is 0. The Morgan fingerprint density at radius 3 is 2.52 bits per heavy atom. The molecule has 0 amide bonds. The van der Waals surface area contributed by atoms with Crippen LogP contribution in [0.4, 0.5) is 0 Å². The van der Waals surface area contributed by atoms with E-state index in [0.29, 0.717) is 12.4 Å². The fourth-order valence-corrected chi connectivity index (χ4v) is 3.17. The molecule has 0 saturated carbocycles. The molecule has 1 aromatic rings. The molecule has 3 N–H and O–H groups in total. The van der Waals surface area contributed by atoms with Crippen molar-refractivity contribution in [1.29, 1.82) is 0 Å². The number of nitrogens with one attached hydrogen (secondary N) is 1. The van der Waals surface area contributed by atoms with Gasteiger partial charge in [-0.3, -0.25) is 4.90 Å². The Morgan fingerprint density at radius 2 is 1.96 bits per heavy atom. The van der Waals surface area contributed by atoms with Crippen molar-refractivity contribution in [3.8, 4) is 11.5 Å². The Balaban J connectivity index is 0.00000264. The molecule has 1 heterocycles. The van der Waals surface area contributed by atoms with Gasteiger partial charge in [-0.15, -0.1) is 12.4 Å². The monoisotopic (exact) mass is 344 g/mol. The summed E-state index contributed by atoms with van der Waals surface area (Å²) in [5.41, 5.74) is 0.464. The van der Waals surface area contributed by atoms with Crippen molar-refractivity contribution in [3.63, 3.8) is 0 Å². The molecule has 6 heteroatoms. The van der Waals surface area contributed by atoms with Gasteiger partial charge in [-0.05, 0) is 13.0 Å². The van der Waals surface area contributed by atoms with E-state index >= 15 is 0 Å². The molecule has 0 bridgehead atoms. The fourth-order valence-electron chi connectivity index (χ4n) is 3.17. The Kier molecular flexibility index (Phi) is 7.61. The van der Waals surface area contributed by atoms with Gasteiger partial charge in [-0.1, -0.05) is 26.0 Å². The molecule has 1 atom stereocenters. The summed E-state index contributed by atoms with van der Waals surface area (Å²) in [7, 11) is 0. The molecule has 23 heavy (non-hydrogen) atoms. The van der Waals surface area contributed by atoms with Gasteiger partial charge in [0.1, 0.15) is 0 Å². The largest absolute Gasteiger partial charge is 0.504 e. The van der Waals surface area contributed by atoms with Crippen LogP contribution in [0, 0.1) is 5.41 Å². The molecular formula is C17H29ClN2O3. The molecule has 0 aliphatic carbocycles. The number of phenolic OH excluding ortho intramolecular Hbond substituents is 1. The van der Waals surface area contributed by atoms with E-state index in [1.165, 1.54) is 0 Å². The van der Waals surface area contributed by atoms with Gasteiger partial charge in [-0.25, -0.2) is 0 Å². The third kappa shape index (κ3) is 4.51. The second-order valence-corrected chi connectivity index (χ2v) is 6.46. The van der Waals surface area contributed by atoms with Crippen LogP contribution in [0.15, 0.2) is 18.2 Å². The van der Waals surface area contributed by atoms with Crippen molar-refractivity contribution < 1.29 is 14.9 Å². The van der Waals surface area contributed by atoms with Crippen LogP contribution in [-0.4, -0.2) is 54.5 Å². The molecule has 1 aliphatic heterocycles. The van der Waals surface area contributed by atoms with Crippen LogP contribution in [0.5, 0.6) is 11.5 Å². The molecule has 1 aromatic carbocycles. The van der Waals surface area contributed by atoms with Crippen molar-refractivity contribution in [2.45, 2.75) is 26.8 Å². The third-order valence-electron chi connectivity index (χ3n) is 4.29. The standard InChI is InChI=1S/C17H28N2O3.ClH/c1-4-22-14-7-5-6-13(15(14)21)16(17(2,3)12-20)19-10-8-18-9-11-19;/h5-7,16,18,20-21H,4,8-12H2,1-3H3;1H/t16-;/m1./s1. The molecule has 5 nitrogen and oxygen atoms in total. The summed E-state index contributed by atoms with van der Waals surface area (Å²) in [6, 6.07) is 5.56. The van der Waals surface area contributed by atoms with Gasteiger partial charge >= 0.3 is 0 Å². The Morgan fingerprint density at radius 1 is 1.30 bits per heavy atom. The predicted molar refractivity (Wildman–Crippen MR) is 94.6 cm³/mol. The van der Waals surface area contributed by atoms with Gasteiger partial charge in [0.05, 0.1) is 6.61 Å². The smallest absolute Gasteiger partial charge is 0.162 e. The SMILES string of the molecule is CCOc1cccc([C@@H](N2CCNCC2)C(C)(C)CO)c1O.Cl. The second kappa shape index (κ2) is 8.73. The Bertz CT molecular complexity index is 491.